The maximum atomic E-state index is 11.3. The molecule has 0 aliphatic heterocycles. The standard InChI is InChI=1S/C8H9BrN2O3/c1-3-14-8(13)6-5(9)7(12)11-4(2)10-6/h3H2,1-2H3,(H,10,11,12). The van der Waals surface area contributed by atoms with E-state index in [1.165, 1.54) is 0 Å². The lowest BCUT2D eigenvalue weighted by Crippen LogP contribution is -2.18. The average Bonchev–Trinajstić information content (AvgIpc) is 2.11. The van der Waals surface area contributed by atoms with Crippen molar-refractivity contribution in [3.63, 3.8) is 0 Å². The number of esters is 1. The highest BCUT2D eigenvalue weighted by atomic mass is 79.9. The van der Waals surface area contributed by atoms with Gasteiger partial charge >= 0.3 is 5.97 Å². The molecule has 0 saturated heterocycles. The quantitative estimate of drug-likeness (QED) is 0.806. The van der Waals surface area contributed by atoms with Crippen molar-refractivity contribution in [2.45, 2.75) is 13.8 Å². The van der Waals surface area contributed by atoms with E-state index in [1.54, 1.807) is 13.8 Å². The number of nitrogens with zero attached hydrogens (tertiary/aromatic N) is 1. The average molecular weight is 261 g/mol. The third-order valence-electron chi connectivity index (χ3n) is 1.45. The number of ether oxygens (including phenoxy) is 1. The lowest BCUT2D eigenvalue weighted by molar-refractivity contribution is 0.0517. The summed E-state index contributed by atoms with van der Waals surface area (Å²) < 4.78 is 4.83. The van der Waals surface area contributed by atoms with Gasteiger partial charge in [0.1, 0.15) is 10.3 Å². The number of hydrogen-bond acceptors (Lipinski definition) is 4. The third-order valence-corrected chi connectivity index (χ3v) is 2.19. The number of hydrogen-bond donors (Lipinski definition) is 1. The molecule has 0 aliphatic carbocycles. The summed E-state index contributed by atoms with van der Waals surface area (Å²) in [5.41, 5.74) is -0.381. The minimum absolute atomic E-state index is 0.00750. The molecular formula is C8H9BrN2O3. The van der Waals surface area contributed by atoms with Crippen LogP contribution in [0.25, 0.3) is 0 Å². The van der Waals surface area contributed by atoms with Gasteiger partial charge in [0.25, 0.3) is 5.56 Å². The zero-order valence-corrected chi connectivity index (χ0v) is 9.34. The monoisotopic (exact) mass is 260 g/mol. The van der Waals surface area contributed by atoms with E-state index in [-0.39, 0.29) is 22.3 Å². The van der Waals surface area contributed by atoms with Crippen LogP contribution in [0.2, 0.25) is 0 Å². The first-order chi connectivity index (χ1) is 6.56. The van der Waals surface area contributed by atoms with Crippen molar-refractivity contribution in [3.8, 4) is 0 Å². The maximum Gasteiger partial charge on any atom is 0.358 e. The molecule has 0 radical (unpaired) electrons. The lowest BCUT2D eigenvalue weighted by atomic mass is 10.4. The predicted molar refractivity (Wildman–Crippen MR) is 53.3 cm³/mol. The van der Waals surface area contributed by atoms with E-state index in [4.69, 9.17) is 4.74 Å². The largest absolute Gasteiger partial charge is 0.461 e. The molecule has 14 heavy (non-hydrogen) atoms. The first-order valence-corrected chi connectivity index (χ1v) is 4.79. The Morgan fingerprint density at radius 2 is 2.29 bits per heavy atom. The summed E-state index contributed by atoms with van der Waals surface area (Å²) in [5.74, 6) is -0.227. The second kappa shape index (κ2) is 4.36. The fraction of sp³-hybridized carbons (Fsp3) is 0.375. The van der Waals surface area contributed by atoms with Gasteiger partial charge in [-0.15, -0.1) is 0 Å². The summed E-state index contributed by atoms with van der Waals surface area (Å²) in [6.45, 7) is 3.53. The molecule has 1 N–H and O–H groups in total. The van der Waals surface area contributed by atoms with Gasteiger partial charge < -0.3 is 9.72 Å². The minimum atomic E-state index is -0.603. The van der Waals surface area contributed by atoms with Gasteiger partial charge in [-0.3, -0.25) is 4.79 Å². The van der Waals surface area contributed by atoms with Crippen LogP contribution in [-0.4, -0.2) is 22.5 Å². The van der Waals surface area contributed by atoms with Crippen LogP contribution in [0, 0.1) is 6.92 Å². The molecule has 6 heteroatoms. The summed E-state index contributed by atoms with van der Waals surface area (Å²) >= 11 is 2.98. The summed E-state index contributed by atoms with van der Waals surface area (Å²) in [6.07, 6.45) is 0. The van der Waals surface area contributed by atoms with Crippen LogP contribution in [0.15, 0.2) is 9.27 Å². The molecule has 0 bridgehead atoms. The Morgan fingerprint density at radius 3 is 2.86 bits per heavy atom. The summed E-state index contributed by atoms with van der Waals surface area (Å²) in [7, 11) is 0. The van der Waals surface area contributed by atoms with Crippen molar-refractivity contribution in [3.05, 3.63) is 26.3 Å². The van der Waals surface area contributed by atoms with Gasteiger partial charge in [0, 0.05) is 0 Å². The Labute approximate surface area is 88.6 Å². The molecule has 0 atom stereocenters. The van der Waals surface area contributed by atoms with Crippen LogP contribution in [0.5, 0.6) is 0 Å². The fourth-order valence-corrected chi connectivity index (χ4v) is 1.26. The number of carbonyl (C=O) groups is 1. The van der Waals surface area contributed by atoms with Gasteiger partial charge in [0.05, 0.1) is 6.61 Å². The van der Waals surface area contributed by atoms with E-state index in [9.17, 15) is 9.59 Å². The highest BCUT2D eigenvalue weighted by molar-refractivity contribution is 9.10. The zero-order chi connectivity index (χ0) is 10.7. The van der Waals surface area contributed by atoms with Crippen molar-refractivity contribution in [2.24, 2.45) is 0 Å². The molecule has 0 amide bonds. The Hall–Kier alpha value is -1.17. The highest BCUT2D eigenvalue weighted by Crippen LogP contribution is 2.09. The molecule has 1 aromatic heterocycles. The van der Waals surface area contributed by atoms with Gasteiger partial charge in [-0.05, 0) is 29.8 Å². The Balaban J connectivity index is 3.20. The van der Waals surface area contributed by atoms with Gasteiger partial charge in [0.2, 0.25) is 0 Å². The fourth-order valence-electron chi connectivity index (χ4n) is 0.906. The van der Waals surface area contributed by atoms with Crippen LogP contribution < -0.4 is 5.56 Å². The molecular weight excluding hydrogens is 252 g/mol. The normalized spacial score (nSPS) is 9.93. The van der Waals surface area contributed by atoms with E-state index in [0.29, 0.717) is 5.82 Å². The number of aryl methyl sites for hydroxylation is 1. The highest BCUT2D eigenvalue weighted by Gasteiger charge is 2.16. The Kier molecular flexibility index (Phi) is 3.40. The third kappa shape index (κ3) is 2.20. The van der Waals surface area contributed by atoms with Crippen LogP contribution in [0.1, 0.15) is 23.2 Å². The van der Waals surface area contributed by atoms with Crippen LogP contribution >= 0.6 is 15.9 Å². The van der Waals surface area contributed by atoms with Crippen molar-refractivity contribution < 1.29 is 9.53 Å². The number of halogens is 1. The van der Waals surface area contributed by atoms with Gasteiger partial charge in [-0.25, -0.2) is 9.78 Å². The number of carbonyl (C=O) groups excluding carboxylic acids is 1. The molecule has 0 aliphatic rings. The second-order valence-corrected chi connectivity index (χ2v) is 3.33. The number of nitrogens with one attached hydrogen (secondary N) is 1. The van der Waals surface area contributed by atoms with E-state index >= 15 is 0 Å². The number of rotatable bonds is 2. The van der Waals surface area contributed by atoms with Crippen LogP contribution in [0.3, 0.4) is 0 Å². The second-order valence-electron chi connectivity index (χ2n) is 2.53. The summed E-state index contributed by atoms with van der Waals surface area (Å²) in [5, 5.41) is 0. The number of aromatic nitrogens is 2. The van der Waals surface area contributed by atoms with Crippen molar-refractivity contribution in [1.29, 1.82) is 0 Å². The first-order valence-electron chi connectivity index (χ1n) is 3.99. The summed E-state index contributed by atoms with van der Waals surface area (Å²) in [6, 6.07) is 0. The molecule has 0 saturated carbocycles. The molecule has 5 nitrogen and oxygen atoms in total. The molecule has 1 rings (SSSR count). The topological polar surface area (TPSA) is 72.0 Å². The van der Waals surface area contributed by atoms with E-state index < -0.39 is 5.97 Å². The minimum Gasteiger partial charge on any atom is -0.461 e. The number of H-pyrrole nitrogens is 1. The molecule has 1 aromatic rings. The zero-order valence-electron chi connectivity index (χ0n) is 7.76. The van der Waals surface area contributed by atoms with E-state index in [0.717, 1.165) is 0 Å². The Morgan fingerprint density at radius 1 is 1.64 bits per heavy atom. The van der Waals surface area contributed by atoms with Gasteiger partial charge in [0.15, 0.2) is 5.69 Å². The maximum absolute atomic E-state index is 11.3. The first kappa shape index (κ1) is 10.9. The molecule has 0 aromatic carbocycles. The summed E-state index contributed by atoms with van der Waals surface area (Å²) in [4.78, 5) is 28.9. The van der Waals surface area contributed by atoms with Crippen molar-refractivity contribution in [2.75, 3.05) is 6.61 Å². The van der Waals surface area contributed by atoms with E-state index in [1.807, 2.05) is 0 Å². The van der Waals surface area contributed by atoms with Gasteiger partial charge in [-0.1, -0.05) is 0 Å². The smallest absolute Gasteiger partial charge is 0.358 e. The number of aromatic amines is 1. The van der Waals surface area contributed by atoms with Crippen LogP contribution in [-0.2, 0) is 4.74 Å². The van der Waals surface area contributed by atoms with Crippen molar-refractivity contribution in [1.82, 2.24) is 9.97 Å². The van der Waals surface area contributed by atoms with E-state index in [2.05, 4.69) is 25.9 Å². The molecule has 0 unspecified atom stereocenters. The van der Waals surface area contributed by atoms with Crippen LogP contribution in [0.4, 0.5) is 0 Å². The molecule has 1 heterocycles. The van der Waals surface area contributed by atoms with Crippen molar-refractivity contribution >= 4 is 21.9 Å². The van der Waals surface area contributed by atoms with Gasteiger partial charge in [-0.2, -0.15) is 0 Å². The lowest BCUT2D eigenvalue weighted by Gasteiger charge is -2.03. The molecule has 0 spiro atoms. The molecule has 0 fully saturated rings. The molecule has 76 valence electrons. The Bertz CT molecular complexity index is 414. The predicted octanol–water partition coefficient (Wildman–Crippen LogP) is 1.02. The SMILES string of the molecule is CCOC(=O)c1nc(C)[nH]c(=O)c1Br.